The molecule has 0 amide bonds. The van der Waals surface area contributed by atoms with Gasteiger partial charge in [0.05, 0.1) is 5.69 Å². The molecule has 2 rings (SSSR count). The van der Waals surface area contributed by atoms with Crippen molar-refractivity contribution in [1.29, 1.82) is 0 Å². The highest BCUT2D eigenvalue weighted by Crippen LogP contribution is 2.22. The second-order valence-electron chi connectivity index (χ2n) is 3.13. The van der Waals surface area contributed by atoms with Crippen LogP contribution in [0, 0.1) is 0 Å². The number of nitrogens with one attached hydrogen (secondary N) is 1. The fraction of sp³-hybridized carbons (Fsp3) is 0.200. The Balaban J connectivity index is 2.59. The van der Waals surface area contributed by atoms with Crippen molar-refractivity contribution in [2.75, 3.05) is 0 Å². The van der Waals surface area contributed by atoms with E-state index in [4.69, 9.17) is 4.42 Å². The van der Waals surface area contributed by atoms with E-state index in [2.05, 4.69) is 41.8 Å². The van der Waals surface area contributed by atoms with Gasteiger partial charge < -0.3 is 9.40 Å². The Morgan fingerprint density at radius 2 is 2.19 bits per heavy atom. The highest BCUT2D eigenvalue weighted by atomic mass is 79.9. The molecule has 1 N–H and O–H groups in total. The van der Waals surface area contributed by atoms with Crippen LogP contribution in [0.15, 0.2) is 30.5 Å². The zero-order valence-corrected chi connectivity index (χ0v) is 11.6. The number of H-pyrrole nitrogens is 1. The van der Waals surface area contributed by atoms with Crippen molar-refractivity contribution in [3.8, 4) is 11.6 Å². The van der Waals surface area contributed by atoms with Gasteiger partial charge in [-0.15, -0.1) is 0 Å². The van der Waals surface area contributed by atoms with Crippen molar-refractivity contribution >= 4 is 31.9 Å². The largest absolute Gasteiger partial charge is 0.446 e. The summed E-state index contributed by atoms with van der Waals surface area (Å²) in [4.78, 5) is 18.6. The number of aromatic amines is 1. The number of halogens is 2. The van der Waals surface area contributed by atoms with Crippen molar-refractivity contribution in [1.82, 2.24) is 9.97 Å². The first-order valence-corrected chi connectivity index (χ1v) is 6.24. The van der Waals surface area contributed by atoms with E-state index < -0.39 is 0 Å². The highest BCUT2D eigenvalue weighted by molar-refractivity contribution is 9.10. The molecule has 84 valence electrons. The third-order valence-electron chi connectivity index (χ3n) is 2.07. The Morgan fingerprint density at radius 1 is 1.44 bits per heavy atom. The van der Waals surface area contributed by atoms with Crippen LogP contribution in [0.1, 0.15) is 12.6 Å². The molecule has 2 aromatic heterocycles. The average Bonchev–Trinajstić information content (AvgIpc) is 2.69. The number of furan rings is 1. The topological polar surface area (TPSA) is 58.9 Å². The summed E-state index contributed by atoms with van der Waals surface area (Å²) in [6.07, 6.45) is 0.680. The minimum atomic E-state index is -0.200. The molecular formula is C10H8Br2N2O2. The quantitative estimate of drug-likeness (QED) is 0.907. The Labute approximate surface area is 108 Å². The standard InChI is InChI=1S/C10H8Br2N2O2/c1-2-5-8(12)10(15)14-9(13-5)6-3-4-7(11)16-6/h3-4H,2H2,1H3,(H,13,14,15). The molecule has 0 aliphatic heterocycles. The fourth-order valence-electron chi connectivity index (χ4n) is 1.30. The van der Waals surface area contributed by atoms with Gasteiger partial charge in [-0.2, -0.15) is 0 Å². The summed E-state index contributed by atoms with van der Waals surface area (Å²) < 4.78 is 6.41. The lowest BCUT2D eigenvalue weighted by Crippen LogP contribution is -2.13. The minimum Gasteiger partial charge on any atom is -0.446 e. The van der Waals surface area contributed by atoms with E-state index in [-0.39, 0.29) is 5.56 Å². The second-order valence-corrected chi connectivity index (χ2v) is 4.71. The van der Waals surface area contributed by atoms with Gasteiger partial charge in [-0.3, -0.25) is 4.79 Å². The van der Waals surface area contributed by atoms with Crippen LogP contribution in [0.3, 0.4) is 0 Å². The van der Waals surface area contributed by atoms with Crippen LogP contribution < -0.4 is 5.56 Å². The molecule has 0 unspecified atom stereocenters. The maximum atomic E-state index is 11.6. The van der Waals surface area contributed by atoms with Gasteiger partial charge in [0.1, 0.15) is 4.47 Å². The molecule has 0 bridgehead atoms. The normalized spacial score (nSPS) is 10.7. The van der Waals surface area contributed by atoms with Gasteiger partial charge in [0, 0.05) is 0 Å². The van der Waals surface area contributed by atoms with Gasteiger partial charge in [0.2, 0.25) is 0 Å². The van der Waals surface area contributed by atoms with Gasteiger partial charge in [-0.05, 0) is 50.4 Å². The molecule has 0 fully saturated rings. The van der Waals surface area contributed by atoms with Crippen LogP contribution in [0.4, 0.5) is 0 Å². The van der Waals surface area contributed by atoms with Crippen LogP contribution in [-0.4, -0.2) is 9.97 Å². The number of hydrogen-bond acceptors (Lipinski definition) is 3. The minimum absolute atomic E-state index is 0.200. The zero-order valence-electron chi connectivity index (χ0n) is 8.38. The Bertz CT molecular complexity index is 574. The molecule has 2 aromatic rings. The molecule has 0 radical (unpaired) electrons. The van der Waals surface area contributed by atoms with E-state index >= 15 is 0 Å². The third kappa shape index (κ3) is 2.12. The predicted octanol–water partition coefficient (Wildman–Crippen LogP) is 3.12. The lowest BCUT2D eigenvalue weighted by molar-refractivity contribution is 0.550. The molecule has 6 heteroatoms. The number of nitrogens with zero attached hydrogens (tertiary/aromatic N) is 1. The fourth-order valence-corrected chi connectivity index (χ4v) is 2.07. The van der Waals surface area contributed by atoms with E-state index in [1.165, 1.54) is 0 Å². The number of aromatic nitrogens is 2. The number of hydrogen-bond donors (Lipinski definition) is 1. The molecule has 0 aliphatic rings. The van der Waals surface area contributed by atoms with E-state index in [0.717, 1.165) is 0 Å². The summed E-state index contributed by atoms with van der Waals surface area (Å²) in [5.74, 6) is 0.974. The first kappa shape index (κ1) is 11.6. The summed E-state index contributed by atoms with van der Waals surface area (Å²) in [5.41, 5.74) is 0.514. The summed E-state index contributed by atoms with van der Waals surface area (Å²) in [6, 6.07) is 3.50. The van der Waals surface area contributed by atoms with Gasteiger partial charge in [-0.25, -0.2) is 4.98 Å². The van der Waals surface area contributed by atoms with Crippen molar-refractivity contribution in [2.24, 2.45) is 0 Å². The Hall–Kier alpha value is -0.880. The van der Waals surface area contributed by atoms with Gasteiger partial charge in [-0.1, -0.05) is 6.92 Å². The van der Waals surface area contributed by atoms with Gasteiger partial charge >= 0.3 is 0 Å². The second kappa shape index (κ2) is 4.55. The number of rotatable bonds is 2. The zero-order chi connectivity index (χ0) is 11.7. The molecule has 16 heavy (non-hydrogen) atoms. The Morgan fingerprint density at radius 3 is 2.75 bits per heavy atom. The highest BCUT2D eigenvalue weighted by Gasteiger charge is 2.11. The summed E-state index contributed by atoms with van der Waals surface area (Å²) in [7, 11) is 0. The van der Waals surface area contributed by atoms with Crippen LogP contribution in [0.2, 0.25) is 0 Å². The SMILES string of the molecule is CCc1nc(-c2ccc(Br)o2)[nH]c(=O)c1Br. The van der Waals surface area contributed by atoms with Crippen LogP contribution >= 0.6 is 31.9 Å². The molecule has 0 aromatic carbocycles. The van der Waals surface area contributed by atoms with E-state index in [0.29, 0.717) is 32.8 Å². The first-order valence-electron chi connectivity index (χ1n) is 4.66. The molecule has 2 heterocycles. The van der Waals surface area contributed by atoms with E-state index in [1.807, 2.05) is 6.92 Å². The lowest BCUT2D eigenvalue weighted by Gasteiger charge is -2.02. The van der Waals surface area contributed by atoms with Crippen LogP contribution in [0.5, 0.6) is 0 Å². The molecule has 0 aliphatic carbocycles. The maximum Gasteiger partial charge on any atom is 0.265 e. The van der Waals surface area contributed by atoms with Crippen LogP contribution in [0.25, 0.3) is 11.6 Å². The molecule has 0 atom stereocenters. The van der Waals surface area contributed by atoms with Crippen molar-refractivity contribution in [3.05, 3.63) is 37.3 Å². The van der Waals surface area contributed by atoms with E-state index in [9.17, 15) is 4.79 Å². The van der Waals surface area contributed by atoms with Crippen molar-refractivity contribution < 1.29 is 4.42 Å². The van der Waals surface area contributed by atoms with Gasteiger partial charge in [0.25, 0.3) is 5.56 Å². The first-order chi connectivity index (χ1) is 7.61. The summed E-state index contributed by atoms with van der Waals surface area (Å²) in [5, 5.41) is 0. The molecule has 0 saturated heterocycles. The summed E-state index contributed by atoms with van der Waals surface area (Å²) in [6.45, 7) is 1.94. The van der Waals surface area contributed by atoms with Gasteiger partial charge in [0.15, 0.2) is 16.3 Å². The maximum absolute atomic E-state index is 11.6. The molecule has 0 spiro atoms. The van der Waals surface area contributed by atoms with Crippen molar-refractivity contribution in [3.63, 3.8) is 0 Å². The monoisotopic (exact) mass is 346 g/mol. The van der Waals surface area contributed by atoms with E-state index in [1.54, 1.807) is 12.1 Å². The predicted molar refractivity (Wildman–Crippen MR) is 67.3 cm³/mol. The molecule has 4 nitrogen and oxygen atoms in total. The Kier molecular flexibility index (Phi) is 3.30. The average molecular weight is 348 g/mol. The van der Waals surface area contributed by atoms with Crippen LogP contribution in [-0.2, 0) is 6.42 Å². The molecule has 0 saturated carbocycles. The lowest BCUT2D eigenvalue weighted by atomic mass is 10.3. The van der Waals surface area contributed by atoms with Crippen molar-refractivity contribution in [2.45, 2.75) is 13.3 Å². The third-order valence-corrected chi connectivity index (χ3v) is 3.32. The summed E-state index contributed by atoms with van der Waals surface area (Å²) >= 11 is 6.41. The number of aryl methyl sites for hydroxylation is 1. The molecular weight excluding hydrogens is 340 g/mol. The smallest absolute Gasteiger partial charge is 0.265 e.